The minimum Gasteiger partial charge on any atom is -0.342 e. The molecular weight excluding hydrogens is 242 g/mol. The highest BCUT2D eigenvalue weighted by molar-refractivity contribution is 6.03. The molecule has 0 saturated carbocycles. The van der Waals surface area contributed by atoms with Gasteiger partial charge in [0.25, 0.3) is 5.91 Å². The Morgan fingerprint density at radius 3 is 2.79 bits per heavy atom. The number of anilines is 1. The van der Waals surface area contributed by atoms with E-state index >= 15 is 0 Å². The van der Waals surface area contributed by atoms with Crippen molar-refractivity contribution >= 4 is 17.5 Å². The van der Waals surface area contributed by atoms with E-state index in [1.807, 2.05) is 19.9 Å². The predicted octanol–water partition coefficient (Wildman–Crippen LogP) is 1.41. The number of carbonyl (C=O) groups is 2. The van der Waals surface area contributed by atoms with Gasteiger partial charge in [-0.25, -0.2) is 0 Å². The van der Waals surface area contributed by atoms with Gasteiger partial charge in [-0.05, 0) is 31.9 Å². The van der Waals surface area contributed by atoms with Crippen LogP contribution in [0.5, 0.6) is 0 Å². The fourth-order valence-electron chi connectivity index (χ4n) is 2.21. The fraction of sp³-hybridized carbons (Fsp3) is 0.500. The number of hydrogen-bond acceptors (Lipinski definition) is 3. The van der Waals surface area contributed by atoms with Crippen LogP contribution < -0.4 is 10.2 Å². The number of hydrogen-bond donors (Lipinski definition) is 1. The predicted molar refractivity (Wildman–Crippen MR) is 72.8 cm³/mol. The summed E-state index contributed by atoms with van der Waals surface area (Å²) in [7, 11) is 0. The lowest BCUT2D eigenvalue weighted by Gasteiger charge is -2.31. The van der Waals surface area contributed by atoms with Crippen LogP contribution in [-0.2, 0) is 9.59 Å². The zero-order valence-corrected chi connectivity index (χ0v) is 11.6. The first-order chi connectivity index (χ1) is 8.96. The first-order valence-corrected chi connectivity index (χ1v) is 6.51. The lowest BCUT2D eigenvalue weighted by atomic mass is 9.97. The van der Waals surface area contributed by atoms with Gasteiger partial charge in [0.2, 0.25) is 5.91 Å². The zero-order chi connectivity index (χ0) is 14.0. The van der Waals surface area contributed by atoms with Crippen LogP contribution in [-0.4, -0.2) is 28.9 Å². The number of rotatable bonds is 2. The SMILES string of the molecule is CCC1(C)NC(=O)CCN(c2cncc(C)c2)C1=O. The maximum Gasteiger partial charge on any atom is 0.252 e. The summed E-state index contributed by atoms with van der Waals surface area (Å²) >= 11 is 0. The molecule has 5 nitrogen and oxygen atoms in total. The fourth-order valence-corrected chi connectivity index (χ4v) is 2.21. The van der Waals surface area contributed by atoms with E-state index in [1.165, 1.54) is 0 Å². The van der Waals surface area contributed by atoms with Gasteiger partial charge in [0.1, 0.15) is 5.54 Å². The monoisotopic (exact) mass is 261 g/mol. The molecule has 1 saturated heterocycles. The van der Waals surface area contributed by atoms with Gasteiger partial charge in [-0.15, -0.1) is 0 Å². The number of nitrogens with one attached hydrogen (secondary N) is 1. The van der Waals surface area contributed by atoms with Gasteiger partial charge in [0.05, 0.1) is 11.9 Å². The summed E-state index contributed by atoms with van der Waals surface area (Å²) in [4.78, 5) is 30.2. The van der Waals surface area contributed by atoms with Gasteiger partial charge in [0.15, 0.2) is 0 Å². The van der Waals surface area contributed by atoms with Crippen molar-refractivity contribution in [2.24, 2.45) is 0 Å². The molecule has 102 valence electrons. The standard InChI is InChI=1S/C14H19N3O2/c1-4-14(3)13(19)17(6-5-12(18)16-14)11-7-10(2)8-15-9-11/h7-9H,4-6H2,1-3H3,(H,16,18). The molecule has 1 fully saturated rings. The van der Waals surface area contributed by atoms with Crippen LogP contribution in [0.1, 0.15) is 32.3 Å². The third-order valence-electron chi connectivity index (χ3n) is 3.57. The molecule has 2 rings (SSSR count). The summed E-state index contributed by atoms with van der Waals surface area (Å²) in [5.41, 5.74) is 0.908. The van der Waals surface area contributed by atoms with E-state index in [0.29, 0.717) is 19.4 Å². The van der Waals surface area contributed by atoms with Crippen molar-refractivity contribution < 1.29 is 9.59 Å². The largest absolute Gasteiger partial charge is 0.342 e. The van der Waals surface area contributed by atoms with E-state index in [9.17, 15) is 9.59 Å². The molecule has 1 N–H and O–H groups in total. The number of aromatic nitrogens is 1. The maximum atomic E-state index is 12.6. The Labute approximate surface area is 113 Å². The van der Waals surface area contributed by atoms with Crippen LogP contribution in [0.2, 0.25) is 0 Å². The van der Waals surface area contributed by atoms with Crippen LogP contribution in [0, 0.1) is 6.92 Å². The number of pyridine rings is 1. The van der Waals surface area contributed by atoms with Crippen LogP contribution >= 0.6 is 0 Å². The van der Waals surface area contributed by atoms with Gasteiger partial charge in [-0.1, -0.05) is 6.92 Å². The average Bonchev–Trinajstić information content (AvgIpc) is 2.48. The van der Waals surface area contributed by atoms with E-state index in [0.717, 1.165) is 11.3 Å². The van der Waals surface area contributed by atoms with E-state index in [1.54, 1.807) is 24.2 Å². The molecule has 1 aromatic heterocycles. The van der Waals surface area contributed by atoms with Crippen LogP contribution in [0.3, 0.4) is 0 Å². The molecule has 5 heteroatoms. The van der Waals surface area contributed by atoms with Crippen LogP contribution in [0.4, 0.5) is 5.69 Å². The number of carbonyl (C=O) groups excluding carboxylic acids is 2. The van der Waals surface area contributed by atoms with Crippen LogP contribution in [0.15, 0.2) is 18.5 Å². The van der Waals surface area contributed by atoms with Gasteiger partial charge >= 0.3 is 0 Å². The van der Waals surface area contributed by atoms with Crippen molar-refractivity contribution in [1.29, 1.82) is 0 Å². The number of amides is 2. The third-order valence-corrected chi connectivity index (χ3v) is 3.57. The quantitative estimate of drug-likeness (QED) is 0.875. The maximum absolute atomic E-state index is 12.6. The van der Waals surface area contributed by atoms with E-state index in [2.05, 4.69) is 10.3 Å². The Hall–Kier alpha value is -1.91. The topological polar surface area (TPSA) is 62.3 Å². The Morgan fingerprint density at radius 2 is 2.16 bits per heavy atom. The van der Waals surface area contributed by atoms with Crippen LogP contribution in [0.25, 0.3) is 0 Å². The van der Waals surface area contributed by atoms with Gasteiger partial charge in [-0.2, -0.15) is 0 Å². The zero-order valence-electron chi connectivity index (χ0n) is 11.6. The summed E-state index contributed by atoms with van der Waals surface area (Å²) in [5.74, 6) is -0.158. The summed E-state index contributed by atoms with van der Waals surface area (Å²) < 4.78 is 0. The second-order valence-corrected chi connectivity index (χ2v) is 5.16. The molecule has 1 aliphatic heterocycles. The third kappa shape index (κ3) is 2.59. The molecule has 0 spiro atoms. The minimum atomic E-state index is -0.836. The molecule has 0 aromatic carbocycles. The second-order valence-electron chi connectivity index (χ2n) is 5.16. The molecule has 0 aliphatic carbocycles. The van der Waals surface area contributed by atoms with Gasteiger partial charge in [0, 0.05) is 19.2 Å². The van der Waals surface area contributed by atoms with E-state index in [4.69, 9.17) is 0 Å². The van der Waals surface area contributed by atoms with Gasteiger partial charge < -0.3 is 10.2 Å². The minimum absolute atomic E-state index is 0.0757. The molecule has 0 bridgehead atoms. The average molecular weight is 261 g/mol. The van der Waals surface area contributed by atoms with E-state index in [-0.39, 0.29) is 11.8 Å². The smallest absolute Gasteiger partial charge is 0.252 e. The molecule has 19 heavy (non-hydrogen) atoms. The molecule has 1 atom stereocenters. The first kappa shape index (κ1) is 13.5. The van der Waals surface area contributed by atoms with Gasteiger partial charge in [-0.3, -0.25) is 14.6 Å². The number of nitrogens with zero attached hydrogens (tertiary/aromatic N) is 2. The Balaban J connectivity index is 2.39. The molecule has 1 aromatic rings. The van der Waals surface area contributed by atoms with Crippen molar-refractivity contribution in [1.82, 2.24) is 10.3 Å². The summed E-state index contributed by atoms with van der Waals surface area (Å²) in [6.07, 6.45) is 4.29. The molecule has 2 amide bonds. The molecule has 2 heterocycles. The van der Waals surface area contributed by atoms with Crippen molar-refractivity contribution in [3.05, 3.63) is 24.0 Å². The summed E-state index contributed by atoms with van der Waals surface area (Å²) in [5, 5.41) is 2.82. The first-order valence-electron chi connectivity index (χ1n) is 6.51. The molecule has 1 aliphatic rings. The Bertz CT molecular complexity index is 515. The highest BCUT2D eigenvalue weighted by Gasteiger charge is 2.39. The highest BCUT2D eigenvalue weighted by Crippen LogP contribution is 2.23. The molecule has 1 unspecified atom stereocenters. The van der Waals surface area contributed by atoms with Crippen molar-refractivity contribution in [3.8, 4) is 0 Å². The normalized spacial score (nSPS) is 24.1. The molecular formula is C14H19N3O2. The second kappa shape index (κ2) is 4.99. The number of aryl methyl sites for hydroxylation is 1. The lowest BCUT2D eigenvalue weighted by molar-refractivity contribution is -0.129. The van der Waals surface area contributed by atoms with Crippen molar-refractivity contribution in [2.75, 3.05) is 11.4 Å². The molecule has 0 radical (unpaired) electrons. The van der Waals surface area contributed by atoms with E-state index < -0.39 is 5.54 Å². The highest BCUT2D eigenvalue weighted by atomic mass is 16.2. The summed E-state index contributed by atoms with van der Waals surface area (Å²) in [6, 6.07) is 1.91. The Kier molecular flexibility index (Phi) is 3.55. The lowest BCUT2D eigenvalue weighted by Crippen LogP contribution is -2.54. The van der Waals surface area contributed by atoms with Crippen molar-refractivity contribution in [2.45, 2.75) is 39.2 Å². The Morgan fingerprint density at radius 1 is 1.42 bits per heavy atom. The summed E-state index contributed by atoms with van der Waals surface area (Å²) in [6.45, 7) is 6.00. The van der Waals surface area contributed by atoms with Crippen molar-refractivity contribution in [3.63, 3.8) is 0 Å².